The third kappa shape index (κ3) is 4.32. The molecule has 4 nitrogen and oxygen atoms in total. The van der Waals surface area contributed by atoms with E-state index in [0.29, 0.717) is 19.0 Å². The van der Waals surface area contributed by atoms with Crippen LogP contribution < -0.4 is 5.32 Å². The summed E-state index contributed by atoms with van der Waals surface area (Å²) in [6.07, 6.45) is 8.97. The van der Waals surface area contributed by atoms with Gasteiger partial charge in [0.2, 0.25) is 5.91 Å². The number of hydrogen-bond acceptors (Lipinski definition) is 3. The maximum atomic E-state index is 12.2. The van der Waals surface area contributed by atoms with Crippen LogP contribution in [0.25, 0.3) is 0 Å². The van der Waals surface area contributed by atoms with E-state index in [-0.39, 0.29) is 5.91 Å². The van der Waals surface area contributed by atoms with Gasteiger partial charge in [-0.15, -0.1) is 6.42 Å². The second kappa shape index (κ2) is 6.77. The zero-order valence-electron chi connectivity index (χ0n) is 11.0. The minimum absolute atomic E-state index is 0.196. The lowest BCUT2D eigenvalue weighted by molar-refractivity contribution is -0.132. The average molecular weight is 249 g/mol. The molecule has 0 unspecified atom stereocenters. The Bertz CT molecular complexity index is 311. The molecule has 2 aliphatic rings. The Balaban J connectivity index is 1.80. The fourth-order valence-electron chi connectivity index (χ4n) is 2.33. The number of terminal acetylenes is 1. The summed E-state index contributed by atoms with van der Waals surface area (Å²) in [5, 5.41) is 3.35. The van der Waals surface area contributed by atoms with Crippen LogP contribution in [0.4, 0.5) is 0 Å². The van der Waals surface area contributed by atoms with Gasteiger partial charge in [0.25, 0.3) is 0 Å². The average Bonchev–Trinajstić information content (AvgIpc) is 3.16. The highest BCUT2D eigenvalue weighted by molar-refractivity contribution is 5.78. The summed E-state index contributed by atoms with van der Waals surface area (Å²) >= 11 is 0. The van der Waals surface area contributed by atoms with Crippen molar-refractivity contribution >= 4 is 5.91 Å². The van der Waals surface area contributed by atoms with Gasteiger partial charge in [0.05, 0.1) is 13.1 Å². The fourth-order valence-corrected chi connectivity index (χ4v) is 2.33. The minimum Gasteiger partial charge on any atom is -0.330 e. The molecule has 2 fully saturated rings. The van der Waals surface area contributed by atoms with Gasteiger partial charge in [-0.3, -0.25) is 9.69 Å². The molecule has 1 saturated carbocycles. The molecule has 2 rings (SSSR count). The van der Waals surface area contributed by atoms with Gasteiger partial charge in [0.1, 0.15) is 0 Å². The zero-order valence-corrected chi connectivity index (χ0v) is 11.0. The monoisotopic (exact) mass is 249 g/mol. The second-order valence-corrected chi connectivity index (χ2v) is 5.30. The molecule has 0 spiro atoms. The van der Waals surface area contributed by atoms with Crippen LogP contribution in [0.1, 0.15) is 19.3 Å². The predicted molar refractivity (Wildman–Crippen MR) is 72.1 cm³/mol. The van der Waals surface area contributed by atoms with Crippen molar-refractivity contribution in [3.05, 3.63) is 0 Å². The third-order valence-corrected chi connectivity index (χ3v) is 3.60. The van der Waals surface area contributed by atoms with Crippen molar-refractivity contribution in [2.45, 2.75) is 19.3 Å². The van der Waals surface area contributed by atoms with Crippen LogP contribution in [0, 0.1) is 18.3 Å². The van der Waals surface area contributed by atoms with Gasteiger partial charge in [-0.05, 0) is 38.3 Å². The number of carbonyl (C=O) groups excluding carboxylic acids is 1. The molecule has 18 heavy (non-hydrogen) atoms. The molecule has 1 N–H and O–H groups in total. The van der Waals surface area contributed by atoms with Crippen molar-refractivity contribution in [2.24, 2.45) is 5.92 Å². The Morgan fingerprint density at radius 2 is 2.22 bits per heavy atom. The Kier molecular flexibility index (Phi) is 5.03. The molecule has 0 aromatic heterocycles. The normalized spacial score (nSPS) is 21.1. The molecular weight excluding hydrogens is 226 g/mol. The standard InChI is InChI=1S/C14H23N3O/c1-2-8-17(11-13-4-5-13)14(18)12-16-9-3-6-15-7-10-16/h1,13,15H,3-12H2. The Hall–Kier alpha value is -1.05. The molecule has 0 atom stereocenters. The van der Waals surface area contributed by atoms with E-state index in [0.717, 1.165) is 39.1 Å². The van der Waals surface area contributed by atoms with Gasteiger partial charge in [-0.1, -0.05) is 5.92 Å². The van der Waals surface area contributed by atoms with Crippen molar-refractivity contribution in [1.82, 2.24) is 15.1 Å². The second-order valence-electron chi connectivity index (χ2n) is 5.30. The summed E-state index contributed by atoms with van der Waals surface area (Å²) in [5.74, 6) is 3.50. The van der Waals surface area contributed by atoms with Crippen molar-refractivity contribution in [3.8, 4) is 12.3 Å². The van der Waals surface area contributed by atoms with Gasteiger partial charge in [0, 0.05) is 19.6 Å². The molecule has 0 bridgehead atoms. The molecule has 1 heterocycles. The first-order chi connectivity index (χ1) is 8.79. The highest BCUT2D eigenvalue weighted by Crippen LogP contribution is 2.29. The lowest BCUT2D eigenvalue weighted by Crippen LogP contribution is -2.42. The summed E-state index contributed by atoms with van der Waals surface area (Å²) in [6, 6.07) is 0. The van der Waals surface area contributed by atoms with Crippen molar-refractivity contribution < 1.29 is 4.79 Å². The van der Waals surface area contributed by atoms with E-state index in [1.54, 1.807) is 0 Å². The van der Waals surface area contributed by atoms with E-state index in [4.69, 9.17) is 6.42 Å². The van der Waals surface area contributed by atoms with Gasteiger partial charge in [-0.2, -0.15) is 0 Å². The molecule has 0 aromatic rings. The van der Waals surface area contributed by atoms with Crippen molar-refractivity contribution in [2.75, 3.05) is 45.8 Å². The van der Waals surface area contributed by atoms with Gasteiger partial charge in [0.15, 0.2) is 0 Å². The first-order valence-electron chi connectivity index (χ1n) is 6.94. The number of carbonyl (C=O) groups is 1. The van der Waals surface area contributed by atoms with E-state index in [2.05, 4.69) is 16.1 Å². The van der Waals surface area contributed by atoms with Crippen LogP contribution in [0.15, 0.2) is 0 Å². The van der Waals surface area contributed by atoms with Crippen LogP contribution in [0.2, 0.25) is 0 Å². The highest BCUT2D eigenvalue weighted by atomic mass is 16.2. The third-order valence-electron chi connectivity index (χ3n) is 3.60. The number of nitrogens with zero attached hydrogens (tertiary/aromatic N) is 2. The predicted octanol–water partition coefficient (Wildman–Crippen LogP) is 0.154. The fraction of sp³-hybridized carbons (Fsp3) is 0.786. The van der Waals surface area contributed by atoms with Gasteiger partial charge in [-0.25, -0.2) is 0 Å². The lowest BCUT2D eigenvalue weighted by atomic mass is 10.3. The summed E-state index contributed by atoms with van der Waals surface area (Å²) in [5.41, 5.74) is 0. The van der Waals surface area contributed by atoms with Crippen LogP contribution in [-0.4, -0.2) is 61.5 Å². The Labute approximate surface area is 110 Å². The van der Waals surface area contributed by atoms with E-state index in [1.807, 2.05) is 4.90 Å². The van der Waals surface area contributed by atoms with Gasteiger partial charge < -0.3 is 10.2 Å². The quantitative estimate of drug-likeness (QED) is 0.705. The largest absolute Gasteiger partial charge is 0.330 e. The van der Waals surface area contributed by atoms with Crippen LogP contribution >= 0.6 is 0 Å². The van der Waals surface area contributed by atoms with Crippen molar-refractivity contribution in [3.63, 3.8) is 0 Å². The molecule has 1 aliphatic heterocycles. The maximum absolute atomic E-state index is 12.2. The van der Waals surface area contributed by atoms with E-state index in [1.165, 1.54) is 12.8 Å². The smallest absolute Gasteiger partial charge is 0.237 e. The van der Waals surface area contributed by atoms with Gasteiger partial charge >= 0.3 is 0 Å². The molecule has 1 aliphatic carbocycles. The minimum atomic E-state index is 0.196. The first kappa shape index (κ1) is 13.4. The zero-order chi connectivity index (χ0) is 12.8. The molecule has 100 valence electrons. The molecule has 4 heteroatoms. The summed E-state index contributed by atoms with van der Waals surface area (Å²) in [6.45, 7) is 5.84. The molecule has 0 aromatic carbocycles. The number of hydrogen-bond donors (Lipinski definition) is 1. The van der Waals surface area contributed by atoms with E-state index in [9.17, 15) is 4.79 Å². The summed E-state index contributed by atoms with van der Waals surface area (Å²) in [7, 11) is 0. The Morgan fingerprint density at radius 1 is 1.39 bits per heavy atom. The SMILES string of the molecule is C#CCN(CC1CC1)C(=O)CN1CCCNCC1. The summed E-state index contributed by atoms with van der Waals surface area (Å²) in [4.78, 5) is 16.3. The Morgan fingerprint density at radius 3 is 2.94 bits per heavy atom. The van der Waals surface area contributed by atoms with E-state index >= 15 is 0 Å². The lowest BCUT2D eigenvalue weighted by Gasteiger charge is -2.25. The van der Waals surface area contributed by atoms with Crippen LogP contribution in [0.3, 0.4) is 0 Å². The topological polar surface area (TPSA) is 35.6 Å². The first-order valence-corrected chi connectivity index (χ1v) is 6.94. The molecule has 1 saturated heterocycles. The number of nitrogens with one attached hydrogen (secondary N) is 1. The molecular formula is C14H23N3O. The maximum Gasteiger partial charge on any atom is 0.237 e. The number of amides is 1. The highest BCUT2D eigenvalue weighted by Gasteiger charge is 2.27. The summed E-state index contributed by atoms with van der Waals surface area (Å²) < 4.78 is 0. The molecule has 1 amide bonds. The number of rotatable bonds is 5. The van der Waals surface area contributed by atoms with Crippen LogP contribution in [0.5, 0.6) is 0 Å². The van der Waals surface area contributed by atoms with Crippen molar-refractivity contribution in [1.29, 1.82) is 0 Å². The van der Waals surface area contributed by atoms with Crippen LogP contribution in [-0.2, 0) is 4.79 Å². The molecule has 0 radical (unpaired) electrons. The van der Waals surface area contributed by atoms with E-state index < -0.39 is 0 Å².